The van der Waals surface area contributed by atoms with E-state index >= 15 is 0 Å². The van der Waals surface area contributed by atoms with Crippen LogP contribution < -0.4 is 0 Å². The second-order valence-corrected chi connectivity index (χ2v) is 15.2. The van der Waals surface area contributed by atoms with E-state index in [0.29, 0.717) is 48.9 Å². The van der Waals surface area contributed by atoms with Crippen molar-refractivity contribution < 1.29 is 44.5 Å². The van der Waals surface area contributed by atoms with E-state index in [-0.39, 0.29) is 34.9 Å². The van der Waals surface area contributed by atoms with Gasteiger partial charge in [-0.2, -0.15) is 0 Å². The number of ketones is 1. The van der Waals surface area contributed by atoms with Crippen LogP contribution in [0.1, 0.15) is 85.5 Å². The number of aliphatic hydroxyl groups is 5. The topological polar surface area (TPSA) is 146 Å². The number of ether oxygens (including phenoxy) is 3. The van der Waals surface area contributed by atoms with Crippen molar-refractivity contribution in [3.63, 3.8) is 0 Å². The number of Topliss-reactive ketones (excluding diaryl/α,β-unsaturated/α-hetero) is 1. The fraction of sp³-hybridized carbons (Fsp3) is 0.909. The van der Waals surface area contributed by atoms with Crippen molar-refractivity contribution in [1.29, 1.82) is 0 Å². The van der Waals surface area contributed by atoms with Gasteiger partial charge in [0.2, 0.25) is 0 Å². The van der Waals surface area contributed by atoms with Gasteiger partial charge >= 0.3 is 0 Å². The number of aliphatic hydroxyl groups excluding tert-OH is 5. The molecule has 0 spiro atoms. The largest absolute Gasteiger partial charge is 0.494 e. The number of fused-ring (bicyclic) bond motifs is 7. The summed E-state index contributed by atoms with van der Waals surface area (Å²) in [7, 11) is 0. The molecule has 238 valence electrons. The first kappa shape index (κ1) is 30.9. The van der Waals surface area contributed by atoms with E-state index in [1.165, 1.54) is 5.57 Å². The Morgan fingerprint density at radius 3 is 2.48 bits per heavy atom. The summed E-state index contributed by atoms with van der Waals surface area (Å²) in [5, 5.41) is 50.0. The Balaban J connectivity index is 1.07. The molecule has 2 heterocycles. The van der Waals surface area contributed by atoms with Gasteiger partial charge in [0.05, 0.1) is 25.1 Å². The van der Waals surface area contributed by atoms with Gasteiger partial charge in [-0.15, -0.1) is 0 Å². The molecule has 6 aliphatic rings. The first-order valence-electron chi connectivity index (χ1n) is 16.4. The molecule has 4 aliphatic carbocycles. The van der Waals surface area contributed by atoms with Crippen LogP contribution >= 0.6 is 0 Å². The van der Waals surface area contributed by atoms with E-state index in [1.807, 2.05) is 0 Å². The van der Waals surface area contributed by atoms with Crippen LogP contribution in [0, 0.1) is 46.3 Å². The predicted octanol–water partition coefficient (Wildman–Crippen LogP) is 2.70. The molecule has 0 aromatic heterocycles. The number of allylic oxidation sites excluding steroid dienone is 1. The van der Waals surface area contributed by atoms with Crippen molar-refractivity contribution in [3.05, 3.63) is 11.3 Å². The SMILES string of the molecule is CC1=C(CC[C@@H](C)CO[C@@H]2O[C@H](CO)[C@@H](O)[C@H](O)[C@H]2O)O[C@H]2C[C@H]3[C@@H]4CC(=O)[C@H]5C[C@@H](O)CC[C@]5(C)[C@H]4CC[C@]3(C)[C@@H]12. The molecular formula is C33H52O9. The summed E-state index contributed by atoms with van der Waals surface area (Å²) in [6, 6.07) is 0. The summed E-state index contributed by atoms with van der Waals surface area (Å²) in [4.78, 5) is 13.5. The van der Waals surface area contributed by atoms with Crippen LogP contribution in [-0.2, 0) is 19.0 Å². The zero-order valence-corrected chi connectivity index (χ0v) is 25.7. The fourth-order valence-electron chi connectivity index (χ4n) is 10.5. The van der Waals surface area contributed by atoms with Gasteiger partial charge in [-0.05, 0) is 91.9 Å². The smallest absolute Gasteiger partial charge is 0.186 e. The van der Waals surface area contributed by atoms with Gasteiger partial charge in [-0.25, -0.2) is 0 Å². The summed E-state index contributed by atoms with van der Waals surface area (Å²) >= 11 is 0. The lowest BCUT2D eigenvalue weighted by Gasteiger charge is -2.60. The Kier molecular flexibility index (Phi) is 8.38. The van der Waals surface area contributed by atoms with Gasteiger partial charge in [-0.1, -0.05) is 20.8 Å². The Morgan fingerprint density at radius 1 is 1.00 bits per heavy atom. The molecular weight excluding hydrogens is 540 g/mol. The maximum absolute atomic E-state index is 13.5. The van der Waals surface area contributed by atoms with Crippen molar-refractivity contribution >= 4 is 5.78 Å². The molecule has 9 nitrogen and oxygen atoms in total. The molecule has 5 N–H and O–H groups in total. The van der Waals surface area contributed by atoms with Crippen LogP contribution in [0.2, 0.25) is 0 Å². The van der Waals surface area contributed by atoms with E-state index in [2.05, 4.69) is 27.7 Å². The molecule has 0 aromatic rings. The van der Waals surface area contributed by atoms with Crippen molar-refractivity contribution in [1.82, 2.24) is 0 Å². The Hall–Kier alpha value is -1.07. The maximum Gasteiger partial charge on any atom is 0.186 e. The van der Waals surface area contributed by atoms with Crippen molar-refractivity contribution in [3.8, 4) is 0 Å². The standard InChI is InChI=1S/C33H52O9/c1-16(15-40-31-30(39)29(38)28(37)26(14-34)42-31)5-6-24-17(2)27-25(41-24)13-21-19-12-23(36)22-11-18(35)7-9-32(22,3)20(19)8-10-33(21,27)4/h16,18-22,25-31,34-35,37-39H,5-15H2,1-4H3/t16-,18+,19-,20+,21+,22-,25+,26-,27+,28-,29+,30-,31-,32-,33+/m1/s1. The molecule has 1 saturated heterocycles. The number of carbonyl (C=O) groups excluding carboxylic acids is 1. The van der Waals surface area contributed by atoms with Crippen molar-refractivity contribution in [2.45, 2.75) is 128 Å². The third-order valence-electron chi connectivity index (χ3n) is 12.9. The van der Waals surface area contributed by atoms with Gasteiger partial charge in [0.15, 0.2) is 6.29 Å². The molecule has 9 heteroatoms. The normalized spacial score (nSPS) is 50.9. The van der Waals surface area contributed by atoms with Gasteiger partial charge in [0.25, 0.3) is 0 Å². The molecule has 0 aromatic carbocycles. The fourth-order valence-corrected chi connectivity index (χ4v) is 10.5. The van der Waals surface area contributed by atoms with Crippen LogP contribution in [0.4, 0.5) is 0 Å². The third kappa shape index (κ3) is 4.90. The summed E-state index contributed by atoms with van der Waals surface area (Å²) in [6.45, 7) is 8.92. The molecule has 42 heavy (non-hydrogen) atoms. The van der Waals surface area contributed by atoms with Crippen LogP contribution in [-0.4, -0.2) is 87.4 Å². The van der Waals surface area contributed by atoms with Gasteiger partial charge < -0.3 is 39.7 Å². The molecule has 0 bridgehead atoms. The molecule has 6 rings (SSSR count). The van der Waals surface area contributed by atoms with E-state index < -0.39 is 37.3 Å². The Bertz CT molecular complexity index is 1060. The summed E-state index contributed by atoms with van der Waals surface area (Å²) in [5.41, 5.74) is 1.51. The zero-order chi connectivity index (χ0) is 30.1. The predicted molar refractivity (Wildman–Crippen MR) is 153 cm³/mol. The van der Waals surface area contributed by atoms with E-state index in [0.717, 1.165) is 50.7 Å². The lowest BCUT2D eigenvalue weighted by Crippen LogP contribution is -2.59. The lowest BCUT2D eigenvalue weighted by molar-refractivity contribution is -0.303. The van der Waals surface area contributed by atoms with Crippen LogP contribution in [0.15, 0.2) is 11.3 Å². The first-order valence-corrected chi connectivity index (χ1v) is 16.4. The summed E-state index contributed by atoms with van der Waals surface area (Å²) in [5.74, 6) is 3.46. The summed E-state index contributed by atoms with van der Waals surface area (Å²) in [6.07, 6.45) is 1.57. The Morgan fingerprint density at radius 2 is 1.74 bits per heavy atom. The lowest BCUT2D eigenvalue weighted by atomic mass is 9.44. The Labute approximate surface area is 249 Å². The van der Waals surface area contributed by atoms with E-state index in [4.69, 9.17) is 14.2 Å². The number of carbonyl (C=O) groups is 1. The maximum atomic E-state index is 13.5. The molecule has 0 amide bonds. The second kappa shape index (κ2) is 11.4. The van der Waals surface area contributed by atoms with E-state index in [9.17, 15) is 30.3 Å². The zero-order valence-electron chi connectivity index (χ0n) is 25.7. The third-order valence-corrected chi connectivity index (χ3v) is 12.9. The van der Waals surface area contributed by atoms with Crippen LogP contribution in [0.25, 0.3) is 0 Å². The van der Waals surface area contributed by atoms with Gasteiger partial charge in [-0.3, -0.25) is 4.79 Å². The number of hydrogen-bond donors (Lipinski definition) is 5. The average Bonchev–Trinajstić information content (AvgIpc) is 3.44. The minimum Gasteiger partial charge on any atom is -0.494 e. The molecule has 4 saturated carbocycles. The van der Waals surface area contributed by atoms with Crippen molar-refractivity contribution in [2.75, 3.05) is 13.2 Å². The second-order valence-electron chi connectivity index (χ2n) is 15.2. The van der Waals surface area contributed by atoms with Crippen molar-refractivity contribution in [2.24, 2.45) is 46.3 Å². The van der Waals surface area contributed by atoms with Gasteiger partial charge in [0.1, 0.15) is 36.3 Å². The highest BCUT2D eigenvalue weighted by molar-refractivity contribution is 5.83. The highest BCUT2D eigenvalue weighted by Crippen LogP contribution is 2.69. The summed E-state index contributed by atoms with van der Waals surface area (Å²) < 4.78 is 17.9. The molecule has 5 fully saturated rings. The average molecular weight is 593 g/mol. The van der Waals surface area contributed by atoms with E-state index in [1.54, 1.807) is 0 Å². The van der Waals surface area contributed by atoms with Crippen LogP contribution in [0.5, 0.6) is 0 Å². The van der Waals surface area contributed by atoms with Gasteiger partial charge in [0, 0.05) is 24.7 Å². The number of hydrogen-bond acceptors (Lipinski definition) is 9. The minimum absolute atomic E-state index is 0.0168. The number of rotatable bonds is 7. The van der Waals surface area contributed by atoms with Crippen LogP contribution in [0.3, 0.4) is 0 Å². The molecule has 0 radical (unpaired) electrons. The quantitative estimate of drug-likeness (QED) is 0.301. The molecule has 15 atom stereocenters. The monoisotopic (exact) mass is 592 g/mol. The molecule has 2 aliphatic heterocycles. The molecule has 0 unspecified atom stereocenters. The highest BCUT2D eigenvalue weighted by atomic mass is 16.7. The first-order chi connectivity index (χ1) is 19.9. The highest BCUT2D eigenvalue weighted by Gasteiger charge is 2.65. The minimum atomic E-state index is -1.44.